The molecule has 1 aromatic carbocycles. The molecule has 4 heteroatoms. The Labute approximate surface area is 108 Å². The van der Waals surface area contributed by atoms with E-state index in [0.29, 0.717) is 0 Å². The van der Waals surface area contributed by atoms with Crippen LogP contribution in [0.4, 0.5) is 0 Å². The first kappa shape index (κ1) is 12.4. The van der Waals surface area contributed by atoms with Crippen LogP contribution in [0, 0.1) is 5.92 Å². The number of hydrogen-bond acceptors (Lipinski definition) is 4. The van der Waals surface area contributed by atoms with E-state index in [9.17, 15) is 9.59 Å². The molecule has 0 saturated carbocycles. The standard InChI is InChI=1S/C14H16O4/c1-4-11(10-8-6-5-7-9-10)12(13(15)17-2)14(16)18-3/h4-9,11-12H,1H2,2-3H3/t11-/m0/s1/i1D. The molecule has 0 fully saturated rings. The van der Waals surface area contributed by atoms with Crippen molar-refractivity contribution in [1.29, 1.82) is 0 Å². The Bertz CT molecular complexity index is 440. The summed E-state index contributed by atoms with van der Waals surface area (Å²) in [7, 11) is 2.43. The Hall–Kier alpha value is -2.10. The van der Waals surface area contributed by atoms with Crippen molar-refractivity contribution in [2.24, 2.45) is 5.92 Å². The lowest BCUT2D eigenvalue weighted by molar-refractivity contribution is -0.159. The maximum absolute atomic E-state index is 11.8. The van der Waals surface area contributed by atoms with E-state index in [1.54, 1.807) is 24.3 Å². The fraction of sp³-hybridized carbons (Fsp3) is 0.286. The Balaban J connectivity index is 3.20. The first-order valence-electron chi connectivity index (χ1n) is 5.99. The number of carbonyl (C=O) groups is 2. The van der Waals surface area contributed by atoms with Crippen molar-refractivity contribution < 1.29 is 20.4 Å². The molecule has 0 aromatic heterocycles. The Kier molecular flexibility index (Phi) is 4.53. The maximum Gasteiger partial charge on any atom is 0.321 e. The minimum Gasteiger partial charge on any atom is -0.468 e. The van der Waals surface area contributed by atoms with Gasteiger partial charge in [0.1, 0.15) is 0 Å². The summed E-state index contributed by atoms with van der Waals surface area (Å²) in [5.41, 5.74) is 0.742. The molecule has 1 atom stereocenters. The fourth-order valence-corrected chi connectivity index (χ4v) is 1.73. The summed E-state index contributed by atoms with van der Waals surface area (Å²) in [5.74, 6) is -3.06. The zero-order valence-electron chi connectivity index (χ0n) is 11.3. The monoisotopic (exact) mass is 249 g/mol. The van der Waals surface area contributed by atoms with Crippen molar-refractivity contribution in [3.63, 3.8) is 0 Å². The van der Waals surface area contributed by atoms with E-state index in [0.717, 1.165) is 12.1 Å². The SMILES string of the molecule is [2H]C=C[C@@H](c1ccccc1)C(C(=O)OC)C(=O)OC. The molecule has 0 spiro atoms. The molecule has 0 aliphatic rings. The van der Waals surface area contributed by atoms with Crippen molar-refractivity contribution in [1.82, 2.24) is 0 Å². The van der Waals surface area contributed by atoms with Gasteiger partial charge in [0.05, 0.1) is 15.6 Å². The van der Waals surface area contributed by atoms with E-state index in [1.807, 2.05) is 6.07 Å². The zero-order valence-corrected chi connectivity index (χ0v) is 10.3. The lowest BCUT2D eigenvalue weighted by Gasteiger charge is -2.20. The number of benzene rings is 1. The number of rotatable bonds is 5. The highest BCUT2D eigenvalue weighted by molar-refractivity contribution is 5.96. The van der Waals surface area contributed by atoms with Crippen molar-refractivity contribution >= 4 is 11.9 Å². The van der Waals surface area contributed by atoms with Crippen molar-refractivity contribution in [3.05, 3.63) is 48.5 Å². The van der Waals surface area contributed by atoms with Gasteiger partial charge in [-0.2, -0.15) is 0 Å². The average Bonchev–Trinajstić information content (AvgIpc) is 2.46. The highest BCUT2D eigenvalue weighted by atomic mass is 16.5. The maximum atomic E-state index is 11.8. The lowest BCUT2D eigenvalue weighted by atomic mass is 9.86. The van der Waals surface area contributed by atoms with E-state index in [4.69, 9.17) is 1.37 Å². The summed E-state index contributed by atoms with van der Waals surface area (Å²) in [5, 5.41) is 0. The van der Waals surface area contributed by atoms with Gasteiger partial charge >= 0.3 is 11.9 Å². The number of methoxy groups -OCH3 is 2. The minimum absolute atomic E-state index is 0.585. The van der Waals surface area contributed by atoms with Crippen LogP contribution in [-0.4, -0.2) is 26.2 Å². The zero-order chi connectivity index (χ0) is 14.3. The molecule has 0 unspecified atom stereocenters. The average molecular weight is 249 g/mol. The van der Waals surface area contributed by atoms with Crippen LogP contribution in [0.2, 0.25) is 0 Å². The molecule has 18 heavy (non-hydrogen) atoms. The molecule has 0 heterocycles. The van der Waals surface area contributed by atoms with E-state index >= 15 is 0 Å². The molecular formula is C14H16O4. The van der Waals surface area contributed by atoms with E-state index in [-0.39, 0.29) is 0 Å². The highest BCUT2D eigenvalue weighted by Gasteiger charge is 2.36. The third kappa shape index (κ3) is 2.97. The molecular weight excluding hydrogens is 232 g/mol. The van der Waals surface area contributed by atoms with Crippen molar-refractivity contribution in [2.75, 3.05) is 14.2 Å². The molecule has 4 nitrogen and oxygen atoms in total. The van der Waals surface area contributed by atoms with Crippen LogP contribution in [0.5, 0.6) is 0 Å². The van der Waals surface area contributed by atoms with Crippen molar-refractivity contribution in [2.45, 2.75) is 5.92 Å². The molecule has 1 aromatic rings. The molecule has 96 valence electrons. The molecule has 0 aliphatic carbocycles. The van der Waals surface area contributed by atoms with Crippen LogP contribution < -0.4 is 0 Å². The highest BCUT2D eigenvalue weighted by Crippen LogP contribution is 2.27. The Morgan fingerprint density at radius 3 is 2.22 bits per heavy atom. The van der Waals surface area contributed by atoms with Crippen LogP contribution >= 0.6 is 0 Å². The van der Waals surface area contributed by atoms with Crippen LogP contribution in [0.25, 0.3) is 0 Å². The third-order valence-corrected chi connectivity index (χ3v) is 2.66. The minimum atomic E-state index is -1.11. The quantitative estimate of drug-likeness (QED) is 0.454. The first-order chi connectivity index (χ1) is 9.15. The molecule has 0 bridgehead atoms. The van der Waals surface area contributed by atoms with Gasteiger partial charge < -0.3 is 9.47 Å². The predicted octanol–water partition coefficient (Wildman–Crippen LogP) is 1.92. The second-order valence-corrected chi connectivity index (χ2v) is 3.65. The molecule has 0 N–H and O–H groups in total. The van der Waals surface area contributed by atoms with E-state index in [2.05, 4.69) is 9.47 Å². The van der Waals surface area contributed by atoms with Gasteiger partial charge in [-0.25, -0.2) is 0 Å². The summed E-state index contributed by atoms with van der Waals surface area (Å²) >= 11 is 0. The topological polar surface area (TPSA) is 52.6 Å². The number of ether oxygens (including phenoxy) is 2. The summed E-state index contributed by atoms with van der Waals surface area (Å²) in [6.45, 7) is 1.05. The normalized spacial score (nSPS) is 13.2. The number of hydrogen-bond donors (Lipinski definition) is 0. The number of carbonyl (C=O) groups excluding carboxylic acids is 2. The van der Waals surface area contributed by atoms with Crippen LogP contribution in [0.1, 0.15) is 12.9 Å². The Morgan fingerprint density at radius 1 is 1.22 bits per heavy atom. The van der Waals surface area contributed by atoms with Gasteiger partial charge in [-0.15, -0.1) is 6.55 Å². The van der Waals surface area contributed by atoms with Gasteiger partial charge in [0.15, 0.2) is 5.92 Å². The van der Waals surface area contributed by atoms with E-state index in [1.165, 1.54) is 20.3 Å². The van der Waals surface area contributed by atoms with Gasteiger partial charge in [0, 0.05) is 5.92 Å². The van der Waals surface area contributed by atoms with E-state index < -0.39 is 23.8 Å². The van der Waals surface area contributed by atoms with Crippen molar-refractivity contribution in [3.8, 4) is 0 Å². The second-order valence-electron chi connectivity index (χ2n) is 3.65. The largest absolute Gasteiger partial charge is 0.468 e. The van der Waals surface area contributed by atoms with Gasteiger partial charge in [0.2, 0.25) is 0 Å². The lowest BCUT2D eigenvalue weighted by Crippen LogP contribution is -2.31. The van der Waals surface area contributed by atoms with Crippen LogP contribution in [-0.2, 0) is 19.1 Å². The number of allylic oxidation sites excluding steroid dienone is 1. The second kappa shape index (κ2) is 6.59. The van der Waals surface area contributed by atoms with Gasteiger partial charge in [-0.05, 0) is 5.56 Å². The Morgan fingerprint density at radius 2 is 1.78 bits per heavy atom. The predicted molar refractivity (Wildman–Crippen MR) is 66.9 cm³/mol. The van der Waals surface area contributed by atoms with Gasteiger partial charge in [0.25, 0.3) is 0 Å². The van der Waals surface area contributed by atoms with Crippen LogP contribution in [0.3, 0.4) is 0 Å². The summed E-state index contributed by atoms with van der Waals surface area (Å²) < 4.78 is 16.5. The smallest absolute Gasteiger partial charge is 0.321 e. The summed E-state index contributed by atoms with van der Waals surface area (Å²) in [6, 6.07) is 8.99. The van der Waals surface area contributed by atoms with Gasteiger partial charge in [-0.3, -0.25) is 9.59 Å². The van der Waals surface area contributed by atoms with Gasteiger partial charge in [-0.1, -0.05) is 36.4 Å². The molecule has 0 radical (unpaired) electrons. The molecule has 0 amide bonds. The molecule has 1 rings (SSSR count). The third-order valence-electron chi connectivity index (χ3n) is 2.66. The first-order valence-corrected chi connectivity index (χ1v) is 5.41. The fourth-order valence-electron chi connectivity index (χ4n) is 1.73. The van der Waals surface area contributed by atoms with Crippen LogP contribution in [0.15, 0.2) is 43.0 Å². The molecule has 0 aliphatic heterocycles. The summed E-state index contributed by atoms with van der Waals surface area (Å²) in [4.78, 5) is 23.6. The molecule has 0 saturated heterocycles. The number of esters is 2. The summed E-state index contributed by atoms with van der Waals surface area (Å²) in [6.07, 6.45) is 1.47.